The summed E-state index contributed by atoms with van der Waals surface area (Å²) in [6.45, 7) is 11.6. The molecule has 3 heteroatoms. The van der Waals surface area contributed by atoms with E-state index in [0.717, 1.165) is 13.0 Å². The van der Waals surface area contributed by atoms with Gasteiger partial charge in [0.1, 0.15) is 0 Å². The second-order valence-electron chi connectivity index (χ2n) is 3.96. The molecule has 14 heavy (non-hydrogen) atoms. The van der Waals surface area contributed by atoms with E-state index in [1.54, 1.807) is 0 Å². The Bertz CT molecular complexity index is 169. The lowest BCUT2D eigenvalue weighted by Crippen LogP contribution is -2.43. The zero-order valence-electron chi connectivity index (χ0n) is 10.1. The highest BCUT2D eigenvalue weighted by atomic mass is 16.2. The highest BCUT2D eigenvalue weighted by Gasteiger charge is 2.14. The van der Waals surface area contributed by atoms with Crippen LogP contribution in [0.3, 0.4) is 0 Å². The van der Waals surface area contributed by atoms with Crippen LogP contribution in [-0.4, -0.2) is 36.0 Å². The number of rotatable bonds is 6. The first-order valence-electron chi connectivity index (χ1n) is 5.55. The quantitative estimate of drug-likeness (QED) is 0.707. The Hall–Kier alpha value is -0.570. The minimum atomic E-state index is 0.197. The molecular weight excluding hydrogens is 176 g/mol. The molecule has 84 valence electrons. The number of likely N-dealkylation sites (N-methyl/N-ethyl adjacent to an activating group) is 1. The predicted octanol–water partition coefficient (Wildman–Crippen LogP) is 1.63. The van der Waals surface area contributed by atoms with Crippen molar-refractivity contribution in [3.8, 4) is 0 Å². The monoisotopic (exact) mass is 200 g/mol. The summed E-state index contributed by atoms with van der Waals surface area (Å²) in [7, 11) is 0. The van der Waals surface area contributed by atoms with Crippen molar-refractivity contribution in [3.63, 3.8) is 0 Å². The summed E-state index contributed by atoms with van der Waals surface area (Å²) in [5.74, 6) is 0.197. The van der Waals surface area contributed by atoms with Crippen molar-refractivity contribution in [1.82, 2.24) is 10.2 Å². The van der Waals surface area contributed by atoms with Crippen LogP contribution in [0.15, 0.2) is 0 Å². The van der Waals surface area contributed by atoms with Crippen molar-refractivity contribution >= 4 is 5.91 Å². The van der Waals surface area contributed by atoms with E-state index in [-0.39, 0.29) is 5.91 Å². The van der Waals surface area contributed by atoms with Crippen LogP contribution in [-0.2, 0) is 4.79 Å². The van der Waals surface area contributed by atoms with Crippen LogP contribution in [0, 0.1) is 0 Å². The van der Waals surface area contributed by atoms with E-state index in [1.165, 1.54) is 0 Å². The topological polar surface area (TPSA) is 32.3 Å². The highest BCUT2D eigenvalue weighted by molar-refractivity contribution is 5.78. The number of hydrogen-bond donors (Lipinski definition) is 1. The van der Waals surface area contributed by atoms with Crippen LogP contribution in [0.2, 0.25) is 0 Å². The summed E-state index contributed by atoms with van der Waals surface area (Å²) in [6.07, 6.45) is 1.06. The minimum Gasteiger partial charge on any atom is -0.339 e. The van der Waals surface area contributed by atoms with Crippen LogP contribution in [0.25, 0.3) is 0 Å². The molecule has 0 fully saturated rings. The van der Waals surface area contributed by atoms with Crippen LogP contribution >= 0.6 is 0 Å². The van der Waals surface area contributed by atoms with Crippen LogP contribution in [0.5, 0.6) is 0 Å². The maximum atomic E-state index is 11.7. The Balaban J connectivity index is 3.93. The summed E-state index contributed by atoms with van der Waals surface area (Å²) >= 11 is 0. The molecule has 0 heterocycles. The normalized spacial score (nSPS) is 13.0. The summed E-state index contributed by atoms with van der Waals surface area (Å²) in [4.78, 5) is 13.6. The van der Waals surface area contributed by atoms with Crippen molar-refractivity contribution in [1.29, 1.82) is 0 Å². The standard InChI is InChI=1S/C11H24N2O/c1-6-10(5)12-8-11(14)13(7-2)9(3)4/h9-10,12H,6-8H2,1-5H3. The summed E-state index contributed by atoms with van der Waals surface area (Å²) < 4.78 is 0. The van der Waals surface area contributed by atoms with Crippen molar-refractivity contribution in [2.75, 3.05) is 13.1 Å². The molecule has 0 aromatic heterocycles. The maximum Gasteiger partial charge on any atom is 0.236 e. The molecule has 0 rings (SSSR count). The van der Waals surface area contributed by atoms with Crippen molar-refractivity contribution in [2.24, 2.45) is 0 Å². The highest BCUT2D eigenvalue weighted by Crippen LogP contribution is 1.98. The van der Waals surface area contributed by atoms with Crippen molar-refractivity contribution in [2.45, 2.75) is 53.1 Å². The molecule has 0 aromatic rings. The zero-order chi connectivity index (χ0) is 11.1. The third kappa shape index (κ3) is 4.61. The molecular formula is C11H24N2O. The molecule has 0 radical (unpaired) electrons. The molecule has 3 nitrogen and oxygen atoms in total. The fourth-order valence-electron chi connectivity index (χ4n) is 1.34. The third-order valence-electron chi connectivity index (χ3n) is 2.50. The zero-order valence-corrected chi connectivity index (χ0v) is 10.1. The number of hydrogen-bond acceptors (Lipinski definition) is 2. The van der Waals surface area contributed by atoms with E-state index in [9.17, 15) is 4.79 Å². The lowest BCUT2D eigenvalue weighted by Gasteiger charge is -2.26. The van der Waals surface area contributed by atoms with Crippen LogP contribution < -0.4 is 5.32 Å². The molecule has 1 amide bonds. The number of nitrogens with zero attached hydrogens (tertiary/aromatic N) is 1. The third-order valence-corrected chi connectivity index (χ3v) is 2.50. The predicted molar refractivity (Wildman–Crippen MR) is 60.3 cm³/mol. The fraction of sp³-hybridized carbons (Fsp3) is 0.909. The Morgan fingerprint density at radius 2 is 1.86 bits per heavy atom. The minimum absolute atomic E-state index is 0.197. The van der Waals surface area contributed by atoms with Gasteiger partial charge in [0.15, 0.2) is 0 Å². The fourth-order valence-corrected chi connectivity index (χ4v) is 1.34. The van der Waals surface area contributed by atoms with E-state index in [2.05, 4.69) is 19.2 Å². The molecule has 0 bridgehead atoms. The summed E-state index contributed by atoms with van der Waals surface area (Å²) in [5, 5.41) is 3.21. The van der Waals surface area contributed by atoms with E-state index in [1.807, 2.05) is 25.7 Å². The van der Waals surface area contributed by atoms with Gasteiger partial charge in [-0.25, -0.2) is 0 Å². The van der Waals surface area contributed by atoms with Gasteiger partial charge >= 0.3 is 0 Å². The van der Waals surface area contributed by atoms with Crippen LogP contribution in [0.1, 0.15) is 41.0 Å². The van der Waals surface area contributed by atoms with E-state index >= 15 is 0 Å². The number of carbonyl (C=O) groups is 1. The first kappa shape index (κ1) is 13.4. The largest absolute Gasteiger partial charge is 0.339 e. The molecule has 0 aliphatic heterocycles. The number of nitrogens with one attached hydrogen (secondary N) is 1. The van der Waals surface area contributed by atoms with Gasteiger partial charge in [0.2, 0.25) is 5.91 Å². The van der Waals surface area contributed by atoms with E-state index < -0.39 is 0 Å². The lowest BCUT2D eigenvalue weighted by molar-refractivity contribution is -0.131. The van der Waals surface area contributed by atoms with Gasteiger partial charge in [-0.1, -0.05) is 6.92 Å². The second-order valence-corrected chi connectivity index (χ2v) is 3.96. The molecule has 0 aliphatic carbocycles. The van der Waals surface area contributed by atoms with E-state index in [0.29, 0.717) is 18.6 Å². The SMILES string of the molecule is CCC(C)NCC(=O)N(CC)C(C)C. The van der Waals surface area contributed by atoms with Crippen molar-refractivity contribution < 1.29 is 4.79 Å². The molecule has 1 atom stereocenters. The second kappa shape index (κ2) is 6.82. The molecule has 1 N–H and O–H groups in total. The Morgan fingerprint density at radius 3 is 2.21 bits per heavy atom. The maximum absolute atomic E-state index is 11.7. The summed E-state index contributed by atoms with van der Waals surface area (Å²) in [6, 6.07) is 0.719. The molecule has 0 saturated carbocycles. The smallest absolute Gasteiger partial charge is 0.236 e. The molecule has 0 aliphatic rings. The van der Waals surface area contributed by atoms with Gasteiger partial charge in [-0.15, -0.1) is 0 Å². The van der Waals surface area contributed by atoms with Gasteiger partial charge in [-0.3, -0.25) is 4.79 Å². The van der Waals surface area contributed by atoms with Gasteiger partial charge in [0.25, 0.3) is 0 Å². The van der Waals surface area contributed by atoms with Gasteiger partial charge in [-0.2, -0.15) is 0 Å². The Labute approximate surface area is 87.9 Å². The lowest BCUT2D eigenvalue weighted by atomic mass is 10.2. The molecule has 1 unspecified atom stereocenters. The Kier molecular flexibility index (Phi) is 6.54. The van der Waals surface area contributed by atoms with Crippen LogP contribution in [0.4, 0.5) is 0 Å². The molecule has 0 saturated heterocycles. The average molecular weight is 200 g/mol. The molecule has 0 spiro atoms. The number of carbonyl (C=O) groups excluding carboxylic acids is 1. The van der Waals surface area contributed by atoms with Gasteiger partial charge < -0.3 is 10.2 Å². The van der Waals surface area contributed by atoms with Gasteiger partial charge in [0.05, 0.1) is 6.54 Å². The molecule has 0 aromatic carbocycles. The first-order chi connectivity index (χ1) is 6.52. The van der Waals surface area contributed by atoms with Gasteiger partial charge in [0, 0.05) is 18.6 Å². The Morgan fingerprint density at radius 1 is 1.29 bits per heavy atom. The average Bonchev–Trinajstić information content (AvgIpc) is 2.14. The van der Waals surface area contributed by atoms with E-state index in [4.69, 9.17) is 0 Å². The van der Waals surface area contributed by atoms with Crippen molar-refractivity contribution in [3.05, 3.63) is 0 Å². The van der Waals surface area contributed by atoms with Gasteiger partial charge in [-0.05, 0) is 34.1 Å². The summed E-state index contributed by atoms with van der Waals surface area (Å²) in [5.41, 5.74) is 0. The first-order valence-corrected chi connectivity index (χ1v) is 5.55. The number of amides is 1.